The molecule has 0 saturated heterocycles. The van der Waals surface area contributed by atoms with Gasteiger partial charge < -0.3 is 10.2 Å². The Bertz CT molecular complexity index is 382. The zero-order chi connectivity index (χ0) is 15.3. The highest BCUT2D eigenvalue weighted by Gasteiger charge is 2.58. The van der Waals surface area contributed by atoms with Crippen LogP contribution >= 0.6 is 0 Å². The number of aliphatic hydroxyl groups is 2. The highest BCUT2D eigenvalue weighted by atomic mass is 16.3. The van der Waals surface area contributed by atoms with E-state index in [1.54, 1.807) is 0 Å². The molecule has 0 bridgehead atoms. The third-order valence-electron chi connectivity index (χ3n) is 7.84. The van der Waals surface area contributed by atoms with Gasteiger partial charge in [0.15, 0.2) is 0 Å². The molecule has 0 aromatic rings. The maximum absolute atomic E-state index is 10.7. The van der Waals surface area contributed by atoms with Crippen LogP contribution in [0.15, 0.2) is 0 Å². The number of rotatable bonds is 3. The Morgan fingerprint density at radius 2 is 1.62 bits per heavy atom. The van der Waals surface area contributed by atoms with E-state index in [1.807, 2.05) is 0 Å². The molecule has 0 spiro atoms. The summed E-state index contributed by atoms with van der Waals surface area (Å²) in [5.41, 5.74) is 0.281. The largest absolute Gasteiger partial charge is 0.393 e. The summed E-state index contributed by atoms with van der Waals surface area (Å²) < 4.78 is 0. The van der Waals surface area contributed by atoms with Crippen LogP contribution in [0.4, 0.5) is 0 Å². The topological polar surface area (TPSA) is 40.5 Å². The zero-order valence-electron chi connectivity index (χ0n) is 14.1. The molecule has 3 saturated carbocycles. The molecule has 3 fully saturated rings. The lowest BCUT2D eigenvalue weighted by atomic mass is 9.48. The number of fused-ring (bicyclic) bond motifs is 3. The van der Waals surface area contributed by atoms with Crippen LogP contribution in [0, 0.1) is 28.6 Å². The molecule has 0 aliphatic heterocycles. The van der Waals surface area contributed by atoms with E-state index >= 15 is 0 Å². The molecule has 0 heterocycles. The molecule has 122 valence electrons. The quantitative estimate of drug-likeness (QED) is 0.821. The standard InChI is InChI=1S/C19H34O2/c1-4-5-11-18(2)15-10-12-19(3)14(7-9-17(19)21)13(15)6-8-16(18)20/h13-17,20-21H,4-12H2,1-3H3/t13-,14-,15-,16+,17-,18+,19-/m0/s1. The van der Waals surface area contributed by atoms with E-state index in [-0.39, 0.29) is 23.0 Å². The van der Waals surface area contributed by atoms with Gasteiger partial charge in [-0.1, -0.05) is 33.6 Å². The molecule has 7 atom stereocenters. The summed E-state index contributed by atoms with van der Waals surface area (Å²) in [5.74, 6) is 2.11. The molecule has 3 rings (SSSR count). The second-order valence-electron chi connectivity index (χ2n) is 8.72. The summed E-state index contributed by atoms with van der Waals surface area (Å²) in [6.07, 6.45) is 10.2. The molecule has 2 nitrogen and oxygen atoms in total. The van der Waals surface area contributed by atoms with Gasteiger partial charge in [-0.05, 0) is 73.5 Å². The van der Waals surface area contributed by atoms with Crippen molar-refractivity contribution < 1.29 is 10.2 Å². The van der Waals surface area contributed by atoms with E-state index in [1.165, 1.54) is 38.5 Å². The Kier molecular flexibility index (Phi) is 4.16. The first-order valence-corrected chi connectivity index (χ1v) is 9.29. The Morgan fingerprint density at radius 3 is 2.33 bits per heavy atom. The first kappa shape index (κ1) is 15.8. The van der Waals surface area contributed by atoms with E-state index in [4.69, 9.17) is 0 Å². The minimum absolute atomic E-state index is 0.0859. The second kappa shape index (κ2) is 5.53. The van der Waals surface area contributed by atoms with Crippen molar-refractivity contribution in [2.24, 2.45) is 28.6 Å². The van der Waals surface area contributed by atoms with Crippen LogP contribution < -0.4 is 0 Å². The van der Waals surface area contributed by atoms with Crippen LogP contribution in [-0.4, -0.2) is 22.4 Å². The lowest BCUT2D eigenvalue weighted by Gasteiger charge is -2.57. The van der Waals surface area contributed by atoms with Gasteiger partial charge in [-0.15, -0.1) is 0 Å². The van der Waals surface area contributed by atoms with Crippen molar-refractivity contribution in [3.05, 3.63) is 0 Å². The smallest absolute Gasteiger partial charge is 0.0596 e. The van der Waals surface area contributed by atoms with Gasteiger partial charge in [-0.2, -0.15) is 0 Å². The summed E-state index contributed by atoms with van der Waals surface area (Å²) >= 11 is 0. The van der Waals surface area contributed by atoms with E-state index in [2.05, 4.69) is 20.8 Å². The van der Waals surface area contributed by atoms with Crippen LogP contribution in [0.2, 0.25) is 0 Å². The number of aliphatic hydroxyl groups excluding tert-OH is 2. The highest BCUT2D eigenvalue weighted by molar-refractivity contribution is 5.08. The Morgan fingerprint density at radius 1 is 0.905 bits per heavy atom. The van der Waals surface area contributed by atoms with E-state index in [9.17, 15) is 10.2 Å². The van der Waals surface area contributed by atoms with Gasteiger partial charge >= 0.3 is 0 Å². The Balaban J connectivity index is 1.85. The number of hydrogen-bond acceptors (Lipinski definition) is 2. The molecule has 0 amide bonds. The van der Waals surface area contributed by atoms with Crippen LogP contribution in [-0.2, 0) is 0 Å². The molecular weight excluding hydrogens is 260 g/mol. The average molecular weight is 294 g/mol. The van der Waals surface area contributed by atoms with Crippen molar-refractivity contribution in [1.82, 2.24) is 0 Å². The molecule has 0 aromatic carbocycles. The van der Waals surface area contributed by atoms with Gasteiger partial charge in [0.25, 0.3) is 0 Å². The monoisotopic (exact) mass is 294 g/mol. The van der Waals surface area contributed by atoms with Crippen LogP contribution in [0.25, 0.3) is 0 Å². The molecule has 0 unspecified atom stereocenters. The Labute approximate surface area is 130 Å². The summed E-state index contributed by atoms with van der Waals surface area (Å²) in [7, 11) is 0. The zero-order valence-corrected chi connectivity index (χ0v) is 14.1. The van der Waals surface area contributed by atoms with Gasteiger partial charge in [0, 0.05) is 0 Å². The molecule has 3 aliphatic carbocycles. The molecule has 21 heavy (non-hydrogen) atoms. The number of hydrogen-bond donors (Lipinski definition) is 2. The molecule has 0 aromatic heterocycles. The molecule has 2 heteroatoms. The predicted molar refractivity (Wildman–Crippen MR) is 85.9 cm³/mol. The lowest BCUT2D eigenvalue weighted by Crippen LogP contribution is -2.54. The van der Waals surface area contributed by atoms with Crippen LogP contribution in [0.5, 0.6) is 0 Å². The fourth-order valence-corrected chi connectivity index (χ4v) is 6.32. The fourth-order valence-electron chi connectivity index (χ4n) is 6.32. The summed E-state index contributed by atoms with van der Waals surface area (Å²) in [6.45, 7) is 6.94. The maximum Gasteiger partial charge on any atom is 0.0596 e. The predicted octanol–water partition coefficient (Wildman–Crippen LogP) is 4.14. The number of unbranched alkanes of at least 4 members (excludes halogenated alkanes) is 1. The molecule has 3 aliphatic rings. The van der Waals surface area contributed by atoms with Crippen molar-refractivity contribution in [3.63, 3.8) is 0 Å². The maximum atomic E-state index is 10.7. The second-order valence-corrected chi connectivity index (χ2v) is 8.72. The van der Waals surface area contributed by atoms with Gasteiger partial charge in [-0.3, -0.25) is 0 Å². The van der Waals surface area contributed by atoms with Crippen LogP contribution in [0.1, 0.15) is 78.6 Å². The molecular formula is C19H34O2. The highest BCUT2D eigenvalue weighted by Crippen LogP contribution is 2.63. The minimum Gasteiger partial charge on any atom is -0.393 e. The fraction of sp³-hybridized carbons (Fsp3) is 1.00. The average Bonchev–Trinajstić information content (AvgIpc) is 2.77. The van der Waals surface area contributed by atoms with E-state index in [0.717, 1.165) is 25.2 Å². The van der Waals surface area contributed by atoms with Crippen molar-refractivity contribution in [3.8, 4) is 0 Å². The van der Waals surface area contributed by atoms with Gasteiger partial charge in [0.05, 0.1) is 12.2 Å². The SMILES string of the molecule is CCCC[C@@]1(C)[C@H](O)CC[C@@H]2[C@@H]1CC[C@]1(C)[C@@H](O)CC[C@@H]21. The normalized spacial score (nSPS) is 53.3. The van der Waals surface area contributed by atoms with E-state index < -0.39 is 0 Å². The lowest BCUT2D eigenvalue weighted by molar-refractivity contribution is -0.137. The van der Waals surface area contributed by atoms with Crippen molar-refractivity contribution in [1.29, 1.82) is 0 Å². The molecule has 0 radical (unpaired) electrons. The minimum atomic E-state index is -0.110. The van der Waals surface area contributed by atoms with Gasteiger partial charge in [0.2, 0.25) is 0 Å². The van der Waals surface area contributed by atoms with E-state index in [0.29, 0.717) is 11.8 Å². The Hall–Kier alpha value is -0.0800. The first-order chi connectivity index (χ1) is 9.93. The third-order valence-corrected chi connectivity index (χ3v) is 7.84. The summed E-state index contributed by atoms with van der Waals surface area (Å²) in [6, 6.07) is 0. The van der Waals surface area contributed by atoms with Crippen molar-refractivity contribution in [2.75, 3.05) is 0 Å². The summed E-state index contributed by atoms with van der Waals surface area (Å²) in [4.78, 5) is 0. The third kappa shape index (κ3) is 2.28. The van der Waals surface area contributed by atoms with Crippen molar-refractivity contribution >= 4 is 0 Å². The first-order valence-electron chi connectivity index (χ1n) is 9.29. The van der Waals surface area contributed by atoms with Crippen LogP contribution in [0.3, 0.4) is 0 Å². The molecule has 2 N–H and O–H groups in total. The summed E-state index contributed by atoms with van der Waals surface area (Å²) in [5, 5.41) is 21.1. The van der Waals surface area contributed by atoms with Gasteiger partial charge in [0.1, 0.15) is 0 Å². The van der Waals surface area contributed by atoms with Gasteiger partial charge in [-0.25, -0.2) is 0 Å². The van der Waals surface area contributed by atoms with Crippen molar-refractivity contribution in [2.45, 2.75) is 90.8 Å².